The Kier molecular flexibility index (Phi) is 8.90. The van der Waals surface area contributed by atoms with Crippen LogP contribution < -0.4 is 0 Å². The first-order chi connectivity index (χ1) is 12.3. The largest absolute Gasteiger partial charge is 0.478 e. The van der Waals surface area contributed by atoms with Gasteiger partial charge in [0, 0.05) is 27.7 Å². The fourth-order valence-electron chi connectivity index (χ4n) is 1.99. The number of carbonyl (C=O) groups is 5. The van der Waals surface area contributed by atoms with Crippen molar-refractivity contribution in [3.05, 3.63) is 0 Å². The number of ether oxygens (including phenoxy) is 4. The second kappa shape index (κ2) is 10.1. The van der Waals surface area contributed by atoms with Gasteiger partial charge in [-0.3, -0.25) is 19.2 Å². The molecule has 0 spiro atoms. The van der Waals surface area contributed by atoms with Gasteiger partial charge in [0.2, 0.25) is 5.60 Å². The van der Waals surface area contributed by atoms with E-state index in [4.69, 9.17) is 14.2 Å². The van der Waals surface area contributed by atoms with E-state index in [2.05, 4.69) is 9.89 Å². The number of hydrogen-bond donors (Lipinski definition) is 2. The molecule has 0 aromatic carbocycles. The zero-order chi connectivity index (χ0) is 21.4. The number of oxime groups is 1. The minimum atomic E-state index is -2.54. The summed E-state index contributed by atoms with van der Waals surface area (Å²) in [6.45, 7) is 3.99. The number of rotatable bonds is 9. The van der Waals surface area contributed by atoms with E-state index >= 15 is 0 Å². The van der Waals surface area contributed by atoms with Gasteiger partial charge in [0.05, 0.1) is 0 Å². The SMILES string of the molecule is CC(=O)OCC(=NO)[C@H](OC(C)=O)[C@@H](OC(C)=O)[C@](C)(OC(C)=O)C(=O)O. The Morgan fingerprint density at radius 2 is 1.44 bits per heavy atom. The molecule has 0 aliphatic carbocycles. The molecular formula is C15H21NO11. The van der Waals surface area contributed by atoms with Gasteiger partial charge in [0.1, 0.15) is 12.3 Å². The molecule has 0 aliphatic heterocycles. The maximum atomic E-state index is 11.8. The second-order valence-electron chi connectivity index (χ2n) is 5.44. The monoisotopic (exact) mass is 391 g/mol. The summed E-state index contributed by atoms with van der Waals surface area (Å²) in [4.78, 5) is 57.1. The van der Waals surface area contributed by atoms with Gasteiger partial charge in [-0.25, -0.2) is 4.79 Å². The summed E-state index contributed by atoms with van der Waals surface area (Å²) in [7, 11) is 0. The standard InChI is InChI=1S/C15H21NO11/c1-7(17)24-6-11(16-23)12(25-8(2)18)13(26-9(3)19)15(5,14(21)22)27-10(4)20/h12-13,23H,6H2,1-5H3,(H,21,22)/t12-,13+,15-/m0/s1. The van der Waals surface area contributed by atoms with Crippen LogP contribution in [0.4, 0.5) is 0 Å². The first-order valence-electron chi connectivity index (χ1n) is 7.46. The van der Waals surface area contributed by atoms with Crippen molar-refractivity contribution in [2.24, 2.45) is 5.16 Å². The molecule has 0 aromatic rings. The van der Waals surface area contributed by atoms with Crippen molar-refractivity contribution in [1.29, 1.82) is 0 Å². The molecule has 3 atom stereocenters. The lowest BCUT2D eigenvalue weighted by atomic mass is 9.91. The van der Waals surface area contributed by atoms with E-state index in [-0.39, 0.29) is 0 Å². The third-order valence-electron chi connectivity index (χ3n) is 3.06. The highest BCUT2D eigenvalue weighted by atomic mass is 16.6. The van der Waals surface area contributed by atoms with Crippen LogP contribution in [-0.2, 0) is 42.9 Å². The molecular weight excluding hydrogens is 370 g/mol. The number of nitrogens with zero attached hydrogens (tertiary/aromatic N) is 1. The van der Waals surface area contributed by atoms with Crippen LogP contribution in [0.1, 0.15) is 34.6 Å². The Bertz CT molecular complexity index is 642. The lowest BCUT2D eigenvalue weighted by molar-refractivity contribution is -0.205. The van der Waals surface area contributed by atoms with Gasteiger partial charge in [-0.2, -0.15) is 0 Å². The number of carboxylic acids is 1. The van der Waals surface area contributed by atoms with Crippen LogP contribution in [0.5, 0.6) is 0 Å². The van der Waals surface area contributed by atoms with E-state index in [9.17, 15) is 34.3 Å². The molecule has 2 N–H and O–H groups in total. The molecule has 0 heterocycles. The molecule has 0 saturated heterocycles. The smallest absolute Gasteiger partial charge is 0.352 e. The molecule has 0 radical (unpaired) electrons. The van der Waals surface area contributed by atoms with Crippen molar-refractivity contribution in [1.82, 2.24) is 0 Å². The summed E-state index contributed by atoms with van der Waals surface area (Å²) in [5.74, 6) is -5.56. The van der Waals surface area contributed by atoms with Gasteiger partial charge < -0.3 is 29.3 Å². The first kappa shape index (κ1) is 23.8. The number of carbonyl (C=O) groups excluding carboxylic acids is 4. The zero-order valence-electron chi connectivity index (χ0n) is 15.4. The summed E-state index contributed by atoms with van der Waals surface area (Å²) in [5.41, 5.74) is -3.10. The number of esters is 4. The van der Waals surface area contributed by atoms with Crippen molar-refractivity contribution in [2.45, 2.75) is 52.4 Å². The maximum absolute atomic E-state index is 11.8. The van der Waals surface area contributed by atoms with Crippen molar-refractivity contribution in [3.8, 4) is 0 Å². The van der Waals surface area contributed by atoms with Gasteiger partial charge in [-0.15, -0.1) is 0 Å². The van der Waals surface area contributed by atoms with Gasteiger partial charge in [0.25, 0.3) is 0 Å². The maximum Gasteiger partial charge on any atom is 0.352 e. The summed E-state index contributed by atoms with van der Waals surface area (Å²) < 4.78 is 19.3. The van der Waals surface area contributed by atoms with Crippen LogP contribution >= 0.6 is 0 Å². The Morgan fingerprint density at radius 3 is 1.78 bits per heavy atom. The van der Waals surface area contributed by atoms with E-state index in [1.54, 1.807) is 0 Å². The lowest BCUT2D eigenvalue weighted by Crippen LogP contribution is -2.60. The van der Waals surface area contributed by atoms with E-state index in [0.717, 1.165) is 34.6 Å². The average molecular weight is 391 g/mol. The van der Waals surface area contributed by atoms with Crippen LogP contribution in [0.3, 0.4) is 0 Å². The molecule has 0 fully saturated rings. The van der Waals surface area contributed by atoms with Gasteiger partial charge in [-0.05, 0) is 6.92 Å². The average Bonchev–Trinajstić information content (AvgIpc) is 2.50. The molecule has 0 amide bonds. The molecule has 152 valence electrons. The van der Waals surface area contributed by atoms with Gasteiger partial charge >= 0.3 is 29.8 Å². The number of hydrogen-bond acceptors (Lipinski definition) is 11. The quantitative estimate of drug-likeness (QED) is 0.173. The van der Waals surface area contributed by atoms with Crippen LogP contribution in [0, 0.1) is 0 Å². The van der Waals surface area contributed by atoms with E-state index in [0.29, 0.717) is 0 Å². The topological polar surface area (TPSA) is 175 Å². The summed E-state index contributed by atoms with van der Waals surface area (Å²) in [6, 6.07) is 0. The van der Waals surface area contributed by atoms with Gasteiger partial charge in [-0.1, -0.05) is 5.16 Å². The minimum absolute atomic E-state index is 0.564. The normalized spacial score (nSPS) is 15.5. The molecule has 12 heteroatoms. The Balaban J connectivity index is 6.31. The van der Waals surface area contributed by atoms with Crippen LogP contribution in [-0.4, -0.2) is 70.3 Å². The molecule has 27 heavy (non-hydrogen) atoms. The third kappa shape index (κ3) is 7.30. The fraction of sp³-hybridized carbons (Fsp3) is 0.600. The molecule has 0 bridgehead atoms. The van der Waals surface area contributed by atoms with E-state index in [1.165, 1.54) is 0 Å². The second-order valence-corrected chi connectivity index (χ2v) is 5.44. The number of aliphatic carboxylic acids is 1. The Hall–Kier alpha value is -3.18. The molecule has 0 aliphatic rings. The van der Waals surface area contributed by atoms with Gasteiger partial charge in [0.15, 0.2) is 12.2 Å². The lowest BCUT2D eigenvalue weighted by Gasteiger charge is -2.36. The van der Waals surface area contributed by atoms with Crippen molar-refractivity contribution < 1.29 is 53.2 Å². The minimum Gasteiger partial charge on any atom is -0.478 e. The summed E-state index contributed by atoms with van der Waals surface area (Å²) in [6.07, 6.45) is -3.82. The summed E-state index contributed by atoms with van der Waals surface area (Å²) >= 11 is 0. The van der Waals surface area contributed by atoms with Crippen molar-refractivity contribution in [2.75, 3.05) is 6.61 Å². The fourth-order valence-corrected chi connectivity index (χ4v) is 1.99. The van der Waals surface area contributed by atoms with Crippen LogP contribution in [0.25, 0.3) is 0 Å². The predicted molar refractivity (Wildman–Crippen MR) is 84.8 cm³/mol. The Morgan fingerprint density at radius 1 is 0.926 bits per heavy atom. The molecule has 0 unspecified atom stereocenters. The number of carboxylic acid groups (broad SMARTS) is 1. The first-order valence-corrected chi connectivity index (χ1v) is 7.46. The predicted octanol–water partition coefficient (Wildman–Crippen LogP) is -0.350. The highest BCUT2D eigenvalue weighted by Gasteiger charge is 2.54. The zero-order valence-corrected chi connectivity index (χ0v) is 15.4. The van der Waals surface area contributed by atoms with Crippen molar-refractivity contribution >= 4 is 35.6 Å². The molecule has 0 saturated carbocycles. The third-order valence-corrected chi connectivity index (χ3v) is 3.06. The van der Waals surface area contributed by atoms with Crippen LogP contribution in [0.2, 0.25) is 0 Å². The Labute approximate surface area is 154 Å². The molecule has 0 aromatic heterocycles. The highest BCUT2D eigenvalue weighted by Crippen LogP contribution is 2.26. The molecule has 12 nitrogen and oxygen atoms in total. The highest BCUT2D eigenvalue weighted by molar-refractivity contribution is 5.94. The van der Waals surface area contributed by atoms with Crippen molar-refractivity contribution in [3.63, 3.8) is 0 Å². The van der Waals surface area contributed by atoms with E-state index in [1.807, 2.05) is 0 Å². The molecule has 0 rings (SSSR count). The van der Waals surface area contributed by atoms with Crippen LogP contribution in [0.15, 0.2) is 5.16 Å². The summed E-state index contributed by atoms with van der Waals surface area (Å²) in [5, 5.41) is 21.6. The van der Waals surface area contributed by atoms with E-state index < -0.39 is 60.0 Å².